The van der Waals surface area contributed by atoms with E-state index < -0.39 is 5.97 Å². The van der Waals surface area contributed by atoms with Crippen LogP contribution in [-0.4, -0.2) is 41.6 Å². The number of aromatic carboxylic acids is 1. The number of rotatable bonds is 6. The van der Waals surface area contributed by atoms with Crippen LogP contribution in [0, 0.1) is 12.3 Å². The Morgan fingerprint density at radius 2 is 2.10 bits per heavy atom. The van der Waals surface area contributed by atoms with E-state index in [1.165, 1.54) is 4.90 Å². The van der Waals surface area contributed by atoms with Crippen molar-refractivity contribution in [3.63, 3.8) is 0 Å². The third-order valence-electron chi connectivity index (χ3n) is 2.87. The highest BCUT2D eigenvalue weighted by molar-refractivity contribution is 5.89. The summed E-state index contributed by atoms with van der Waals surface area (Å²) in [6.07, 6.45) is 5.64. The smallest absolute Gasteiger partial charge is 0.335 e. The van der Waals surface area contributed by atoms with Gasteiger partial charge in [0.15, 0.2) is 0 Å². The van der Waals surface area contributed by atoms with Gasteiger partial charge in [-0.1, -0.05) is 24.1 Å². The number of carboxylic acids is 1. The van der Waals surface area contributed by atoms with Crippen LogP contribution in [0.5, 0.6) is 0 Å². The first-order valence-electron chi connectivity index (χ1n) is 6.37. The molecule has 5 heteroatoms. The minimum absolute atomic E-state index is 0.238. The van der Waals surface area contributed by atoms with Crippen LogP contribution < -0.4 is 5.32 Å². The van der Waals surface area contributed by atoms with Crippen LogP contribution >= 0.6 is 0 Å². The Morgan fingerprint density at radius 3 is 2.70 bits per heavy atom. The summed E-state index contributed by atoms with van der Waals surface area (Å²) in [6.45, 7) is 3.00. The highest BCUT2D eigenvalue weighted by Crippen LogP contribution is 2.09. The van der Waals surface area contributed by atoms with Crippen LogP contribution in [0.3, 0.4) is 0 Å². The number of nitrogens with zero attached hydrogens (tertiary/aromatic N) is 1. The number of carboxylic acid groups (broad SMARTS) is 1. The minimum atomic E-state index is -0.963. The molecule has 2 N–H and O–H groups in total. The summed E-state index contributed by atoms with van der Waals surface area (Å²) < 4.78 is 0. The minimum Gasteiger partial charge on any atom is -0.478 e. The Bertz CT molecular complexity index is 520. The Morgan fingerprint density at radius 1 is 1.40 bits per heavy atom. The lowest BCUT2D eigenvalue weighted by atomic mass is 10.0. The molecule has 0 aliphatic rings. The number of urea groups is 1. The molecule has 2 amide bonds. The molecule has 1 rings (SSSR count). The van der Waals surface area contributed by atoms with Crippen molar-refractivity contribution in [1.82, 2.24) is 10.2 Å². The molecule has 0 aromatic heterocycles. The van der Waals surface area contributed by atoms with Gasteiger partial charge in [-0.05, 0) is 25.0 Å². The lowest BCUT2D eigenvalue weighted by Gasteiger charge is -2.18. The molecule has 0 unspecified atom stereocenters. The van der Waals surface area contributed by atoms with E-state index in [4.69, 9.17) is 11.5 Å². The van der Waals surface area contributed by atoms with E-state index in [1.807, 2.05) is 6.92 Å². The second-order valence-corrected chi connectivity index (χ2v) is 4.16. The van der Waals surface area contributed by atoms with Crippen LogP contribution in [0.2, 0.25) is 0 Å². The molecule has 0 heterocycles. The van der Waals surface area contributed by atoms with Gasteiger partial charge in [-0.25, -0.2) is 9.59 Å². The van der Waals surface area contributed by atoms with E-state index in [2.05, 4.69) is 11.2 Å². The van der Waals surface area contributed by atoms with Crippen LogP contribution in [-0.2, 0) is 6.42 Å². The molecule has 0 fully saturated rings. The number of hydrogen-bond acceptors (Lipinski definition) is 2. The third kappa shape index (κ3) is 4.32. The summed E-state index contributed by atoms with van der Waals surface area (Å²) in [5.74, 6) is 1.46. The quantitative estimate of drug-likeness (QED) is 0.774. The lowest BCUT2D eigenvalue weighted by molar-refractivity contribution is 0.0695. The number of terminal acetylenes is 1. The van der Waals surface area contributed by atoms with Crippen molar-refractivity contribution in [3.8, 4) is 12.3 Å². The van der Waals surface area contributed by atoms with Crippen molar-refractivity contribution < 1.29 is 14.7 Å². The van der Waals surface area contributed by atoms with E-state index >= 15 is 0 Å². The summed E-state index contributed by atoms with van der Waals surface area (Å²) in [5, 5.41) is 11.8. The molecule has 0 radical (unpaired) electrons. The zero-order chi connectivity index (χ0) is 15.0. The SMILES string of the molecule is C#CCN(CC)C(=O)NCCc1ccccc1C(=O)O. The van der Waals surface area contributed by atoms with Crippen molar-refractivity contribution in [2.24, 2.45) is 0 Å². The first-order chi connectivity index (χ1) is 9.60. The molecule has 0 saturated heterocycles. The van der Waals surface area contributed by atoms with Gasteiger partial charge in [-0.15, -0.1) is 6.42 Å². The summed E-state index contributed by atoms with van der Waals surface area (Å²) in [5.41, 5.74) is 0.956. The Balaban J connectivity index is 2.55. The maximum absolute atomic E-state index is 11.8. The fourth-order valence-corrected chi connectivity index (χ4v) is 1.80. The van der Waals surface area contributed by atoms with Gasteiger partial charge in [0.05, 0.1) is 12.1 Å². The molecule has 0 aliphatic heterocycles. The van der Waals surface area contributed by atoms with Crippen molar-refractivity contribution in [2.75, 3.05) is 19.6 Å². The van der Waals surface area contributed by atoms with Gasteiger partial charge in [0, 0.05) is 13.1 Å². The predicted molar refractivity (Wildman–Crippen MR) is 76.6 cm³/mol. The molecule has 0 aliphatic carbocycles. The average Bonchev–Trinajstić information content (AvgIpc) is 2.44. The number of carbonyl (C=O) groups is 2. The summed E-state index contributed by atoms with van der Waals surface area (Å²) in [7, 11) is 0. The van der Waals surface area contributed by atoms with Crippen LogP contribution in [0.15, 0.2) is 24.3 Å². The maximum atomic E-state index is 11.8. The standard InChI is InChI=1S/C15H18N2O3/c1-3-11-17(4-2)15(20)16-10-9-12-7-5-6-8-13(12)14(18)19/h1,5-8H,4,9-11H2,2H3,(H,16,20)(H,18,19). The molecule has 0 atom stereocenters. The molecule has 20 heavy (non-hydrogen) atoms. The highest BCUT2D eigenvalue weighted by atomic mass is 16.4. The molecule has 5 nitrogen and oxygen atoms in total. The molecular weight excluding hydrogens is 256 g/mol. The molecule has 106 valence electrons. The largest absolute Gasteiger partial charge is 0.478 e. The first-order valence-corrected chi connectivity index (χ1v) is 6.37. The monoisotopic (exact) mass is 274 g/mol. The van der Waals surface area contributed by atoms with Crippen LogP contribution in [0.4, 0.5) is 4.79 Å². The summed E-state index contributed by atoms with van der Waals surface area (Å²) >= 11 is 0. The number of amides is 2. The molecule has 1 aromatic carbocycles. The van der Waals surface area contributed by atoms with E-state index in [0.29, 0.717) is 25.1 Å². The normalized spacial score (nSPS) is 9.60. The van der Waals surface area contributed by atoms with Crippen molar-refractivity contribution in [3.05, 3.63) is 35.4 Å². The number of nitrogens with one attached hydrogen (secondary N) is 1. The van der Waals surface area contributed by atoms with E-state index in [1.54, 1.807) is 24.3 Å². The van der Waals surface area contributed by atoms with Gasteiger partial charge in [0.25, 0.3) is 0 Å². The predicted octanol–water partition coefficient (Wildman–Crippen LogP) is 1.59. The van der Waals surface area contributed by atoms with Gasteiger partial charge >= 0.3 is 12.0 Å². The zero-order valence-electron chi connectivity index (χ0n) is 11.4. The zero-order valence-corrected chi connectivity index (χ0v) is 11.4. The molecule has 1 aromatic rings. The van der Waals surface area contributed by atoms with E-state index in [0.717, 1.165) is 0 Å². The number of carbonyl (C=O) groups excluding carboxylic acids is 1. The Hall–Kier alpha value is -2.48. The van der Waals surface area contributed by atoms with Gasteiger partial charge in [0.1, 0.15) is 0 Å². The van der Waals surface area contributed by atoms with E-state index in [9.17, 15) is 9.59 Å². The third-order valence-corrected chi connectivity index (χ3v) is 2.87. The van der Waals surface area contributed by atoms with E-state index in [-0.39, 0.29) is 18.1 Å². The second kappa shape index (κ2) is 7.85. The molecular formula is C15H18N2O3. The lowest BCUT2D eigenvalue weighted by Crippen LogP contribution is -2.40. The van der Waals surface area contributed by atoms with Crippen LogP contribution in [0.1, 0.15) is 22.8 Å². The number of benzene rings is 1. The Kier molecular flexibility index (Phi) is 6.11. The van der Waals surface area contributed by atoms with Gasteiger partial charge in [0.2, 0.25) is 0 Å². The fraction of sp³-hybridized carbons (Fsp3) is 0.333. The Labute approximate surface area is 118 Å². The number of hydrogen-bond donors (Lipinski definition) is 2. The topological polar surface area (TPSA) is 69.6 Å². The van der Waals surface area contributed by atoms with Gasteiger partial charge in [-0.3, -0.25) is 0 Å². The fourth-order valence-electron chi connectivity index (χ4n) is 1.80. The highest BCUT2D eigenvalue weighted by Gasteiger charge is 2.11. The summed E-state index contributed by atoms with van der Waals surface area (Å²) in [4.78, 5) is 24.3. The maximum Gasteiger partial charge on any atom is 0.335 e. The van der Waals surface area contributed by atoms with Gasteiger partial charge < -0.3 is 15.3 Å². The molecule has 0 saturated carbocycles. The molecule has 0 bridgehead atoms. The van der Waals surface area contributed by atoms with Crippen molar-refractivity contribution >= 4 is 12.0 Å². The first kappa shape index (κ1) is 15.6. The van der Waals surface area contributed by atoms with Crippen molar-refractivity contribution in [2.45, 2.75) is 13.3 Å². The van der Waals surface area contributed by atoms with Crippen molar-refractivity contribution in [1.29, 1.82) is 0 Å². The summed E-state index contributed by atoms with van der Waals surface area (Å²) in [6, 6.07) is 6.51. The van der Waals surface area contributed by atoms with Gasteiger partial charge in [-0.2, -0.15) is 0 Å². The van der Waals surface area contributed by atoms with Crippen LogP contribution in [0.25, 0.3) is 0 Å². The average molecular weight is 274 g/mol. The second-order valence-electron chi connectivity index (χ2n) is 4.16. The molecule has 0 spiro atoms.